The maximum Gasteiger partial charge on any atom is 0.120 e. The van der Waals surface area contributed by atoms with Crippen LogP contribution < -0.4 is 0 Å². The van der Waals surface area contributed by atoms with Crippen LogP contribution in [-0.2, 0) is 0 Å². The molecule has 2 heteroatoms. The number of rotatable bonds is 8. The highest BCUT2D eigenvalue weighted by Crippen LogP contribution is 2.24. The lowest BCUT2D eigenvalue weighted by atomic mass is 10.0. The van der Waals surface area contributed by atoms with Crippen LogP contribution in [0.2, 0.25) is 0 Å². The third-order valence-electron chi connectivity index (χ3n) is 3.51. The van der Waals surface area contributed by atoms with E-state index in [1.54, 1.807) is 0 Å². The van der Waals surface area contributed by atoms with E-state index in [1.165, 1.54) is 25.7 Å². The molecule has 0 rings (SSSR count). The smallest absolute Gasteiger partial charge is 0.120 e. The summed E-state index contributed by atoms with van der Waals surface area (Å²) in [7, 11) is 0. The molecule has 0 bridgehead atoms. The maximum absolute atomic E-state index is 10.7. The minimum absolute atomic E-state index is 0.0541. The molecule has 0 aromatic heterocycles. The van der Waals surface area contributed by atoms with E-state index in [0.29, 0.717) is 0 Å². The topological polar surface area (TPSA) is 20.2 Å². The fourth-order valence-electron chi connectivity index (χ4n) is 2.03. The second kappa shape index (κ2) is 7.29. The molecule has 0 saturated heterocycles. The van der Waals surface area contributed by atoms with Crippen molar-refractivity contribution in [3.8, 4) is 0 Å². The van der Waals surface area contributed by atoms with E-state index < -0.39 is 0 Å². The van der Waals surface area contributed by atoms with Crippen molar-refractivity contribution in [3.63, 3.8) is 0 Å². The molecule has 0 aromatic carbocycles. The van der Waals surface area contributed by atoms with E-state index in [4.69, 9.17) is 0 Å². The quantitative estimate of drug-likeness (QED) is 0.373. The van der Waals surface area contributed by atoms with Crippen molar-refractivity contribution in [2.45, 2.75) is 78.7 Å². The Balaban J connectivity index is 4.26. The summed E-state index contributed by atoms with van der Waals surface area (Å²) in [5.74, 6) is 0. The highest BCUT2D eigenvalue weighted by Gasteiger charge is 2.38. The molecule has 0 atom stereocenters. The standard InChI is InChI=1S/C14H32NO/c1-6-8-10-12-15(16,14(3,4)5)13-11-9-7-2/h16H,6-13H2,1-5H3/q+1. The van der Waals surface area contributed by atoms with Crippen LogP contribution in [0.4, 0.5) is 0 Å². The summed E-state index contributed by atoms with van der Waals surface area (Å²) >= 11 is 0. The average Bonchev–Trinajstić information content (AvgIpc) is 2.17. The third kappa shape index (κ3) is 5.31. The normalized spacial score (nSPS) is 13.1. The van der Waals surface area contributed by atoms with E-state index in [2.05, 4.69) is 34.6 Å². The van der Waals surface area contributed by atoms with Crippen molar-refractivity contribution in [1.82, 2.24) is 0 Å². The van der Waals surface area contributed by atoms with E-state index in [1.807, 2.05) is 0 Å². The summed E-state index contributed by atoms with van der Waals surface area (Å²) in [6, 6.07) is 0. The largest absolute Gasteiger partial charge is 0.217 e. The molecule has 0 radical (unpaired) electrons. The minimum Gasteiger partial charge on any atom is -0.217 e. The molecule has 0 unspecified atom stereocenters. The molecule has 0 spiro atoms. The van der Waals surface area contributed by atoms with Gasteiger partial charge in [0.05, 0.1) is 0 Å². The first-order chi connectivity index (χ1) is 7.37. The van der Waals surface area contributed by atoms with Crippen molar-refractivity contribution >= 4 is 0 Å². The molecule has 0 aliphatic carbocycles. The van der Waals surface area contributed by atoms with Gasteiger partial charge in [-0.2, -0.15) is 4.65 Å². The molecule has 0 fully saturated rings. The predicted octanol–water partition coefficient (Wildman–Crippen LogP) is 4.37. The van der Waals surface area contributed by atoms with Crippen molar-refractivity contribution in [1.29, 1.82) is 0 Å². The SMILES string of the molecule is CCCCC[N+](O)(CCCCC)C(C)(C)C. The van der Waals surface area contributed by atoms with Crippen LogP contribution in [0.5, 0.6) is 0 Å². The summed E-state index contributed by atoms with van der Waals surface area (Å²) < 4.78 is 0.243. The second-order valence-corrected chi connectivity index (χ2v) is 5.95. The van der Waals surface area contributed by atoms with E-state index >= 15 is 0 Å². The molecule has 0 heterocycles. The van der Waals surface area contributed by atoms with Gasteiger partial charge < -0.3 is 0 Å². The molecular formula is C14H32NO+. The number of hydroxylamine groups is 3. The fraction of sp³-hybridized carbons (Fsp3) is 1.00. The van der Waals surface area contributed by atoms with Crippen LogP contribution >= 0.6 is 0 Å². The summed E-state index contributed by atoms with van der Waals surface area (Å²) in [4.78, 5) is 0. The van der Waals surface area contributed by atoms with E-state index in [-0.39, 0.29) is 10.2 Å². The van der Waals surface area contributed by atoms with Crippen LogP contribution in [0.1, 0.15) is 73.1 Å². The fourth-order valence-corrected chi connectivity index (χ4v) is 2.03. The van der Waals surface area contributed by atoms with Crippen LogP contribution in [0.25, 0.3) is 0 Å². The van der Waals surface area contributed by atoms with Crippen LogP contribution in [0.3, 0.4) is 0 Å². The van der Waals surface area contributed by atoms with Crippen LogP contribution in [-0.4, -0.2) is 28.5 Å². The zero-order valence-electron chi connectivity index (χ0n) is 12.1. The van der Waals surface area contributed by atoms with Gasteiger partial charge in [0, 0.05) is 0 Å². The zero-order chi connectivity index (χ0) is 12.7. The number of unbranched alkanes of at least 4 members (excludes halogenated alkanes) is 4. The summed E-state index contributed by atoms with van der Waals surface area (Å²) in [6.07, 6.45) is 7.17. The Morgan fingerprint density at radius 3 is 1.44 bits per heavy atom. The van der Waals surface area contributed by atoms with Crippen molar-refractivity contribution < 1.29 is 9.85 Å². The lowest BCUT2D eigenvalue weighted by molar-refractivity contribution is -1.13. The van der Waals surface area contributed by atoms with Gasteiger partial charge in [-0.15, -0.1) is 0 Å². The van der Waals surface area contributed by atoms with Gasteiger partial charge in [0.15, 0.2) is 0 Å². The first-order valence-electron chi connectivity index (χ1n) is 6.97. The van der Waals surface area contributed by atoms with E-state index in [0.717, 1.165) is 25.9 Å². The lowest BCUT2D eigenvalue weighted by Gasteiger charge is -2.41. The highest BCUT2D eigenvalue weighted by molar-refractivity contribution is 4.60. The first-order valence-corrected chi connectivity index (χ1v) is 6.97. The summed E-state index contributed by atoms with van der Waals surface area (Å²) in [5.41, 5.74) is -0.0541. The lowest BCUT2D eigenvalue weighted by Crippen LogP contribution is -2.58. The van der Waals surface area contributed by atoms with E-state index in [9.17, 15) is 5.21 Å². The highest BCUT2D eigenvalue weighted by atomic mass is 16.5. The van der Waals surface area contributed by atoms with Crippen LogP contribution in [0, 0.1) is 0 Å². The van der Waals surface area contributed by atoms with Gasteiger partial charge in [0.2, 0.25) is 0 Å². The molecule has 2 nitrogen and oxygen atoms in total. The monoisotopic (exact) mass is 230 g/mol. The van der Waals surface area contributed by atoms with Gasteiger partial charge in [-0.3, -0.25) is 0 Å². The molecule has 0 saturated carbocycles. The zero-order valence-corrected chi connectivity index (χ0v) is 12.1. The van der Waals surface area contributed by atoms with Crippen LogP contribution in [0.15, 0.2) is 0 Å². The Kier molecular flexibility index (Phi) is 7.25. The molecular weight excluding hydrogens is 198 g/mol. The Hall–Kier alpha value is -0.0800. The van der Waals surface area contributed by atoms with Crippen molar-refractivity contribution in [2.75, 3.05) is 13.1 Å². The average molecular weight is 230 g/mol. The molecule has 1 N–H and O–H groups in total. The number of quaternary nitrogens is 1. The van der Waals surface area contributed by atoms with Gasteiger partial charge in [-0.1, -0.05) is 26.7 Å². The Morgan fingerprint density at radius 1 is 0.812 bits per heavy atom. The number of hydrogen-bond acceptors (Lipinski definition) is 1. The van der Waals surface area contributed by atoms with Crippen molar-refractivity contribution in [3.05, 3.63) is 0 Å². The third-order valence-corrected chi connectivity index (χ3v) is 3.51. The molecule has 0 amide bonds. The van der Waals surface area contributed by atoms with Gasteiger partial charge >= 0.3 is 0 Å². The summed E-state index contributed by atoms with van der Waals surface area (Å²) in [6.45, 7) is 12.7. The van der Waals surface area contributed by atoms with Gasteiger partial charge in [0.25, 0.3) is 0 Å². The molecule has 0 aliphatic heterocycles. The van der Waals surface area contributed by atoms with Gasteiger partial charge in [0.1, 0.15) is 18.6 Å². The second-order valence-electron chi connectivity index (χ2n) is 5.95. The molecule has 0 aliphatic rings. The number of nitrogens with zero attached hydrogens (tertiary/aromatic N) is 1. The molecule has 98 valence electrons. The van der Waals surface area contributed by atoms with Gasteiger partial charge in [-0.05, 0) is 46.5 Å². The first kappa shape index (κ1) is 15.9. The Morgan fingerprint density at radius 2 is 1.19 bits per heavy atom. The summed E-state index contributed by atoms with van der Waals surface area (Å²) in [5, 5.41) is 10.7. The maximum atomic E-state index is 10.7. The minimum atomic E-state index is -0.0541. The van der Waals surface area contributed by atoms with Gasteiger partial charge in [-0.25, -0.2) is 5.21 Å². The predicted molar refractivity (Wildman–Crippen MR) is 70.6 cm³/mol. The Labute approximate surface area is 102 Å². The Bertz CT molecular complexity index is 162. The molecule has 16 heavy (non-hydrogen) atoms. The van der Waals surface area contributed by atoms with Crippen molar-refractivity contribution in [2.24, 2.45) is 0 Å². The molecule has 0 aromatic rings. The number of hydrogen-bond donors (Lipinski definition) is 1.